The number of hydrogen-bond acceptors (Lipinski definition) is 7. The van der Waals surface area contributed by atoms with Gasteiger partial charge in [0.15, 0.2) is 22.4 Å². The summed E-state index contributed by atoms with van der Waals surface area (Å²) in [7, 11) is -14.0. The molecule has 2 aliphatic rings. The molecule has 2 bridgehead atoms. The minimum absolute atomic E-state index is 0.0181. The summed E-state index contributed by atoms with van der Waals surface area (Å²) in [5, 5.41) is 1.42. The van der Waals surface area contributed by atoms with Crippen molar-refractivity contribution in [2.75, 3.05) is 13.2 Å². The van der Waals surface area contributed by atoms with Gasteiger partial charge in [-0.25, -0.2) is 0 Å². The van der Waals surface area contributed by atoms with Gasteiger partial charge >= 0.3 is 15.6 Å². The minimum atomic E-state index is -6.20. The Kier molecular flexibility index (Phi) is 19.6. The highest BCUT2D eigenvalue weighted by Crippen LogP contribution is 2.65. The molecular formula is C51H79F3O7SSi3. The number of hydrogen-bond donors (Lipinski definition) is 0. The maximum atomic E-state index is 15.6. The topological polar surface area (TPSA) is 88.1 Å². The first-order chi connectivity index (χ1) is 30.7. The van der Waals surface area contributed by atoms with Gasteiger partial charge in [0, 0.05) is 31.1 Å². The van der Waals surface area contributed by atoms with Crippen molar-refractivity contribution in [2.24, 2.45) is 23.7 Å². The molecule has 2 aromatic carbocycles. The molecule has 0 unspecified atom stereocenters. The molecule has 5 atom stereocenters. The highest BCUT2D eigenvalue weighted by Gasteiger charge is 2.71. The van der Waals surface area contributed by atoms with Gasteiger partial charge in [-0.15, -0.1) is 6.58 Å². The van der Waals surface area contributed by atoms with E-state index in [4.69, 9.17) is 17.5 Å². The monoisotopic (exact) mass is 976 g/mol. The summed E-state index contributed by atoms with van der Waals surface area (Å²) in [6.07, 6.45) is 10.4. The second kappa shape index (κ2) is 23.1. The summed E-state index contributed by atoms with van der Waals surface area (Å²) in [4.78, 5) is 15.6. The van der Waals surface area contributed by atoms with Crippen molar-refractivity contribution in [3.05, 3.63) is 96.8 Å². The number of carbonyl (C=O) groups excluding carboxylic acids is 1. The van der Waals surface area contributed by atoms with Crippen LogP contribution in [0, 0.1) is 23.7 Å². The average Bonchev–Trinajstić information content (AvgIpc) is 3.68. The lowest BCUT2D eigenvalue weighted by atomic mass is 9.72. The first kappa shape index (κ1) is 55.0. The molecule has 0 N–H and O–H groups in total. The van der Waals surface area contributed by atoms with E-state index in [1.54, 1.807) is 6.08 Å². The van der Waals surface area contributed by atoms with Gasteiger partial charge < -0.3 is 17.5 Å². The first-order valence-corrected chi connectivity index (χ1v) is 32.7. The number of carbonyl (C=O) groups is 1. The van der Waals surface area contributed by atoms with Crippen molar-refractivity contribution >= 4 is 51.2 Å². The van der Waals surface area contributed by atoms with Crippen LogP contribution >= 0.6 is 0 Å². The van der Waals surface area contributed by atoms with Crippen molar-refractivity contribution in [1.82, 2.24) is 0 Å². The van der Waals surface area contributed by atoms with Crippen LogP contribution in [0.15, 0.2) is 96.8 Å². The normalized spacial score (nSPS) is 22.8. The number of unbranched alkanes of at least 4 members (excludes halogenated alkanes) is 3. The third-order valence-corrected chi connectivity index (χ3v) is 30.5. The van der Waals surface area contributed by atoms with E-state index >= 15 is 4.79 Å². The van der Waals surface area contributed by atoms with E-state index in [1.165, 1.54) is 0 Å². The van der Waals surface area contributed by atoms with Gasteiger partial charge in [-0.3, -0.25) is 4.79 Å². The predicted octanol–water partition coefficient (Wildman–Crippen LogP) is 13.0. The van der Waals surface area contributed by atoms with E-state index < -0.39 is 74.6 Å². The Morgan fingerprint density at radius 3 is 1.72 bits per heavy atom. The number of alkyl halides is 3. The Bertz CT molecular complexity index is 1960. The Morgan fingerprint density at radius 1 is 0.738 bits per heavy atom. The molecule has 0 spiro atoms. The molecule has 14 heteroatoms. The number of rotatable bonds is 27. The predicted molar refractivity (Wildman–Crippen MR) is 267 cm³/mol. The molecule has 65 heavy (non-hydrogen) atoms. The lowest BCUT2D eigenvalue weighted by Crippen LogP contribution is -2.66. The van der Waals surface area contributed by atoms with Crippen LogP contribution in [-0.2, 0) is 32.4 Å². The molecule has 2 fully saturated rings. The highest BCUT2D eigenvalue weighted by atomic mass is 32.2. The minimum Gasteiger partial charge on any atom is -0.417 e. The number of fused-ring (bicyclic) bond motifs is 2. The number of ketones is 1. The maximum absolute atomic E-state index is 15.6. The van der Waals surface area contributed by atoms with Crippen molar-refractivity contribution < 1.29 is 43.8 Å². The van der Waals surface area contributed by atoms with E-state index in [0.29, 0.717) is 19.4 Å². The molecule has 4 rings (SSSR count). The summed E-state index contributed by atoms with van der Waals surface area (Å²) in [5.41, 5.74) is -7.03. The molecule has 0 saturated heterocycles. The zero-order chi connectivity index (χ0) is 48.3. The maximum Gasteiger partial charge on any atom is 0.534 e. The van der Waals surface area contributed by atoms with Crippen LogP contribution in [0.5, 0.6) is 0 Å². The van der Waals surface area contributed by atoms with Crippen LogP contribution in [0.4, 0.5) is 13.2 Å². The molecule has 0 heterocycles. The fraction of sp³-hybridized carbons (Fsp3) is 0.627. The smallest absolute Gasteiger partial charge is 0.417 e. The number of allylic oxidation sites excluding steroid dienone is 2. The standard InChI is InChI=1S/C51H79F3O7SSi3/c1-12-20-21-22-23-30-35-42-43(36-38-58-63(14-3,15-4)16-5)47-48(55)45(46(42)50(47,13-2)61-64(17-6,18-7)19-8)44(60-62(56,57)51(52,53)54)37-39-59-65(49(9,10)11,40-31-26-24-27-32-40)41-33-28-25-29-34-41/h12-13,20,24-29,31-34,42-43,46-47H,2,14-19,21-23,30,35-39H2,1,3-11H3/b20-12+,45-44-/t42-,43-,46-,47+,50-/m1/s1. The molecule has 0 aliphatic heterocycles. The molecule has 0 amide bonds. The van der Waals surface area contributed by atoms with Gasteiger partial charge in [0.25, 0.3) is 8.32 Å². The lowest BCUT2D eigenvalue weighted by molar-refractivity contribution is -0.123. The number of halogens is 3. The van der Waals surface area contributed by atoms with Crippen LogP contribution in [0.1, 0.15) is 114 Å². The molecule has 0 aromatic heterocycles. The first-order valence-electron chi connectivity index (χ1n) is 24.3. The second-order valence-corrected chi connectivity index (χ2v) is 34.5. The Morgan fingerprint density at radius 2 is 1.26 bits per heavy atom. The largest absolute Gasteiger partial charge is 0.534 e. The van der Waals surface area contributed by atoms with Gasteiger partial charge in [-0.1, -0.05) is 154 Å². The van der Waals surface area contributed by atoms with Crippen LogP contribution in [0.3, 0.4) is 0 Å². The summed E-state index contributed by atoms with van der Waals surface area (Å²) in [6.45, 7) is 25.8. The third kappa shape index (κ3) is 11.5. The van der Waals surface area contributed by atoms with Crippen LogP contribution in [0.2, 0.25) is 41.3 Å². The van der Waals surface area contributed by atoms with Crippen molar-refractivity contribution in [3.63, 3.8) is 0 Å². The van der Waals surface area contributed by atoms with E-state index in [0.717, 1.165) is 72.3 Å². The van der Waals surface area contributed by atoms with Crippen molar-refractivity contribution in [1.29, 1.82) is 0 Å². The summed E-state index contributed by atoms with van der Waals surface area (Å²) < 4.78 is 96.9. The zero-order valence-electron chi connectivity index (χ0n) is 41.0. The lowest BCUT2D eigenvalue weighted by Gasteiger charge is -2.43. The van der Waals surface area contributed by atoms with Crippen molar-refractivity contribution in [3.8, 4) is 0 Å². The third-order valence-electron chi connectivity index (χ3n) is 15.2. The molecule has 0 radical (unpaired) electrons. The van der Waals surface area contributed by atoms with Gasteiger partial charge in [0.1, 0.15) is 5.76 Å². The fourth-order valence-corrected chi connectivity index (χ4v) is 22.0. The van der Waals surface area contributed by atoms with E-state index in [1.807, 2.05) is 73.7 Å². The fourth-order valence-electron chi connectivity index (χ4n) is 11.3. The van der Waals surface area contributed by atoms with E-state index in [-0.39, 0.29) is 30.4 Å². The number of benzene rings is 2. The summed E-state index contributed by atoms with van der Waals surface area (Å²) in [5.74, 6) is -2.98. The summed E-state index contributed by atoms with van der Waals surface area (Å²) >= 11 is 0. The molecule has 2 aromatic rings. The van der Waals surface area contributed by atoms with Gasteiger partial charge in [-0.05, 0) is 96.1 Å². The summed E-state index contributed by atoms with van der Waals surface area (Å²) in [6, 6.07) is 24.8. The number of Topliss-reactive ketones (excluding diaryl/α,β-unsaturated/α-hetero) is 1. The SMILES string of the molecule is C=C[C@]1(O[Si](CC)(CC)CC)[C@@H]2C(=O)/C(=C(/CCO[Si](c3ccccc3)(c3ccccc3)C(C)(C)C)OS(=O)(=O)C(F)(F)F)[C@H]1[C@H](CCCCC/C=C/C)[C@H]2CCO[Si](CC)(CC)CC. The van der Waals surface area contributed by atoms with Gasteiger partial charge in [0.05, 0.1) is 11.5 Å². The highest BCUT2D eigenvalue weighted by molar-refractivity contribution is 7.87. The van der Waals surface area contributed by atoms with Gasteiger partial charge in [0.2, 0.25) is 0 Å². The van der Waals surface area contributed by atoms with Crippen LogP contribution in [0.25, 0.3) is 0 Å². The van der Waals surface area contributed by atoms with E-state index in [2.05, 4.69) is 75.0 Å². The van der Waals surface area contributed by atoms with Crippen molar-refractivity contribution in [2.45, 2.75) is 167 Å². The Hall–Kier alpha value is -2.60. The van der Waals surface area contributed by atoms with Gasteiger partial charge in [-0.2, -0.15) is 21.6 Å². The zero-order valence-corrected chi connectivity index (χ0v) is 44.8. The molecule has 364 valence electrons. The Balaban J connectivity index is 1.99. The second-order valence-electron chi connectivity index (χ2n) is 19.2. The quantitative estimate of drug-likeness (QED) is 0.0168. The molecule has 2 aliphatic carbocycles. The van der Waals surface area contributed by atoms with Crippen LogP contribution in [-0.4, -0.2) is 63.5 Å². The van der Waals surface area contributed by atoms with E-state index in [9.17, 15) is 21.6 Å². The average molecular weight is 978 g/mol. The van der Waals surface area contributed by atoms with Crippen LogP contribution < -0.4 is 10.4 Å². The Labute approximate surface area is 393 Å². The molecule has 7 nitrogen and oxygen atoms in total. The molecular weight excluding hydrogens is 898 g/mol. The molecule has 2 saturated carbocycles.